The molecule has 9 heteroatoms. The van der Waals surface area contributed by atoms with Gasteiger partial charge in [-0.05, 0) is 46.1 Å². The number of rotatable bonds is 5. The van der Waals surface area contributed by atoms with Crippen LogP contribution in [0.3, 0.4) is 0 Å². The first-order valence-electron chi connectivity index (χ1n) is 11.9. The Kier molecular flexibility index (Phi) is 8.39. The van der Waals surface area contributed by atoms with Crippen molar-refractivity contribution in [3.63, 3.8) is 0 Å². The highest BCUT2D eigenvalue weighted by Gasteiger charge is 2.29. The van der Waals surface area contributed by atoms with E-state index in [4.69, 9.17) is 4.74 Å². The molecule has 3 heterocycles. The lowest BCUT2D eigenvalue weighted by molar-refractivity contribution is 0.0145. The first-order valence-corrected chi connectivity index (χ1v) is 11.9. The first kappa shape index (κ1) is 24.4. The van der Waals surface area contributed by atoms with Crippen LogP contribution >= 0.6 is 0 Å². The number of ether oxygens (including phenoxy) is 1. The molecule has 0 saturated carbocycles. The van der Waals surface area contributed by atoms with Crippen molar-refractivity contribution in [3.05, 3.63) is 18.7 Å². The van der Waals surface area contributed by atoms with E-state index < -0.39 is 5.60 Å². The van der Waals surface area contributed by atoms with Crippen LogP contribution in [0.25, 0.3) is 0 Å². The number of nitrogens with zero attached hydrogens (tertiary/aromatic N) is 6. The summed E-state index contributed by atoms with van der Waals surface area (Å²) in [5, 5.41) is 3.55. The number of likely N-dealkylation sites (tertiary alicyclic amines) is 1. The molecule has 0 spiro atoms. The highest BCUT2D eigenvalue weighted by molar-refractivity contribution is 5.80. The molecule has 2 aliphatic heterocycles. The molecule has 2 aliphatic rings. The van der Waals surface area contributed by atoms with Crippen LogP contribution in [-0.2, 0) is 4.74 Å². The molecular weight excluding hydrogens is 406 g/mol. The number of aromatic nitrogens is 2. The summed E-state index contributed by atoms with van der Waals surface area (Å²) in [7, 11) is 1.86. The Hall–Kier alpha value is -2.29. The van der Waals surface area contributed by atoms with Crippen molar-refractivity contribution < 1.29 is 9.53 Å². The quantitative estimate of drug-likeness (QED) is 0.424. The van der Waals surface area contributed by atoms with Crippen molar-refractivity contribution in [3.8, 4) is 0 Å². The predicted molar refractivity (Wildman–Crippen MR) is 127 cm³/mol. The van der Waals surface area contributed by atoms with Crippen LogP contribution in [-0.4, -0.2) is 101 Å². The van der Waals surface area contributed by atoms with Gasteiger partial charge in [-0.1, -0.05) is 6.92 Å². The second-order valence-electron chi connectivity index (χ2n) is 9.93. The van der Waals surface area contributed by atoms with Crippen LogP contribution in [0.4, 0.5) is 4.79 Å². The summed E-state index contributed by atoms with van der Waals surface area (Å²) < 4.78 is 7.70. The summed E-state index contributed by atoms with van der Waals surface area (Å²) in [6.45, 7) is 15.2. The number of hydrogen-bond acceptors (Lipinski definition) is 5. The van der Waals surface area contributed by atoms with Gasteiger partial charge < -0.3 is 24.4 Å². The number of carbonyl (C=O) groups excluding carboxylic acids is 1. The Bertz CT molecular complexity index is 736. The Labute approximate surface area is 192 Å². The summed E-state index contributed by atoms with van der Waals surface area (Å²) in [6, 6.07) is 0.422. The largest absolute Gasteiger partial charge is 0.444 e. The van der Waals surface area contributed by atoms with Gasteiger partial charge in [0.25, 0.3) is 0 Å². The lowest BCUT2D eigenvalue weighted by Gasteiger charge is -2.39. The van der Waals surface area contributed by atoms with Gasteiger partial charge >= 0.3 is 6.09 Å². The fourth-order valence-corrected chi connectivity index (χ4v) is 4.41. The van der Waals surface area contributed by atoms with Crippen molar-refractivity contribution in [1.29, 1.82) is 0 Å². The van der Waals surface area contributed by atoms with E-state index in [1.54, 1.807) is 0 Å². The van der Waals surface area contributed by atoms with E-state index in [9.17, 15) is 4.79 Å². The molecule has 180 valence electrons. The predicted octanol–water partition coefficient (Wildman–Crippen LogP) is 2.28. The summed E-state index contributed by atoms with van der Waals surface area (Å²) in [6.07, 6.45) is 7.82. The maximum absolute atomic E-state index is 12.2. The van der Waals surface area contributed by atoms with Crippen LogP contribution in [0, 0.1) is 5.92 Å². The van der Waals surface area contributed by atoms with Crippen molar-refractivity contribution in [2.45, 2.75) is 52.2 Å². The fraction of sp³-hybridized carbons (Fsp3) is 0.783. The third-order valence-electron chi connectivity index (χ3n) is 6.30. The van der Waals surface area contributed by atoms with Gasteiger partial charge in [-0.2, -0.15) is 0 Å². The van der Waals surface area contributed by atoms with Crippen molar-refractivity contribution in [2.24, 2.45) is 10.9 Å². The molecule has 3 rings (SSSR count). The average Bonchev–Trinajstić information content (AvgIpc) is 3.28. The normalized spacial score (nSPS) is 23.3. The topological polar surface area (TPSA) is 78.2 Å². The van der Waals surface area contributed by atoms with Gasteiger partial charge in [0, 0.05) is 65.3 Å². The van der Waals surface area contributed by atoms with Gasteiger partial charge in [0.15, 0.2) is 5.96 Å². The summed E-state index contributed by atoms with van der Waals surface area (Å²) in [5.41, 5.74) is -0.441. The molecule has 32 heavy (non-hydrogen) atoms. The number of imidazole rings is 1. The maximum Gasteiger partial charge on any atom is 0.410 e. The van der Waals surface area contributed by atoms with E-state index in [-0.39, 0.29) is 6.09 Å². The molecule has 1 aromatic heterocycles. The molecule has 1 amide bonds. The van der Waals surface area contributed by atoms with E-state index in [0.29, 0.717) is 12.0 Å². The van der Waals surface area contributed by atoms with Gasteiger partial charge in [-0.15, -0.1) is 0 Å². The first-order chi connectivity index (χ1) is 15.3. The Balaban J connectivity index is 1.37. The number of nitrogens with one attached hydrogen (secondary N) is 1. The minimum atomic E-state index is -0.441. The molecule has 0 bridgehead atoms. The second-order valence-corrected chi connectivity index (χ2v) is 9.93. The van der Waals surface area contributed by atoms with Gasteiger partial charge in [-0.25, -0.2) is 9.78 Å². The zero-order valence-corrected chi connectivity index (χ0v) is 20.5. The molecular formula is C23H41N7O2. The van der Waals surface area contributed by atoms with Crippen LogP contribution in [0.5, 0.6) is 0 Å². The van der Waals surface area contributed by atoms with Crippen molar-refractivity contribution in [2.75, 3.05) is 59.4 Å². The van der Waals surface area contributed by atoms with Crippen molar-refractivity contribution >= 4 is 12.1 Å². The monoisotopic (exact) mass is 447 g/mol. The van der Waals surface area contributed by atoms with Gasteiger partial charge in [0.2, 0.25) is 0 Å². The van der Waals surface area contributed by atoms with Crippen LogP contribution in [0.1, 0.15) is 46.6 Å². The van der Waals surface area contributed by atoms with Crippen LogP contribution in [0.15, 0.2) is 23.7 Å². The smallest absolute Gasteiger partial charge is 0.410 e. The third kappa shape index (κ3) is 6.85. The van der Waals surface area contributed by atoms with Gasteiger partial charge in [0.1, 0.15) is 5.60 Å². The summed E-state index contributed by atoms with van der Waals surface area (Å²) in [4.78, 5) is 27.6. The van der Waals surface area contributed by atoms with Gasteiger partial charge in [0.05, 0.1) is 12.4 Å². The fourth-order valence-electron chi connectivity index (χ4n) is 4.41. The zero-order valence-electron chi connectivity index (χ0n) is 20.5. The summed E-state index contributed by atoms with van der Waals surface area (Å²) >= 11 is 0. The molecule has 2 atom stereocenters. The zero-order chi connectivity index (χ0) is 23.1. The molecule has 2 fully saturated rings. The number of aliphatic imine (C=N–C) groups is 1. The second kappa shape index (κ2) is 11.0. The Morgan fingerprint density at radius 1 is 1.19 bits per heavy atom. The molecule has 0 aliphatic carbocycles. The van der Waals surface area contributed by atoms with E-state index in [0.717, 1.165) is 71.2 Å². The highest BCUT2D eigenvalue weighted by atomic mass is 16.6. The highest BCUT2D eigenvalue weighted by Crippen LogP contribution is 2.27. The number of guanidine groups is 1. The number of amides is 1. The molecule has 1 N–H and O–H groups in total. The Morgan fingerprint density at radius 3 is 2.56 bits per heavy atom. The minimum Gasteiger partial charge on any atom is -0.444 e. The lowest BCUT2D eigenvalue weighted by Crippen LogP contribution is -2.51. The Morgan fingerprint density at radius 2 is 1.94 bits per heavy atom. The standard InChI is InChI=1S/C23H41N7O2/c1-19-7-11-29(17-20(19)30-12-9-25-18-30)21(24-5)26-8-6-10-27-13-15-28(16-14-27)22(31)32-23(2,3)4/h9,12,18-20H,6-8,10-11,13-17H2,1-5H3,(H,24,26). The number of piperidine rings is 1. The van der Waals surface area contributed by atoms with Crippen LogP contribution < -0.4 is 5.32 Å². The van der Waals surface area contributed by atoms with Crippen molar-refractivity contribution in [1.82, 2.24) is 29.6 Å². The molecule has 0 radical (unpaired) electrons. The SMILES string of the molecule is CN=C(NCCCN1CCN(C(=O)OC(C)(C)C)CC1)N1CCC(C)C(n2ccnc2)C1. The maximum atomic E-state index is 12.2. The lowest BCUT2D eigenvalue weighted by atomic mass is 9.93. The summed E-state index contributed by atoms with van der Waals surface area (Å²) in [5.74, 6) is 1.61. The average molecular weight is 448 g/mol. The van der Waals surface area contributed by atoms with E-state index >= 15 is 0 Å². The van der Waals surface area contributed by atoms with E-state index in [1.807, 2.05) is 45.2 Å². The molecule has 2 saturated heterocycles. The third-order valence-corrected chi connectivity index (χ3v) is 6.30. The molecule has 1 aromatic rings. The van der Waals surface area contributed by atoms with E-state index in [1.165, 1.54) is 0 Å². The molecule has 2 unspecified atom stereocenters. The molecule has 0 aromatic carbocycles. The number of piperazine rings is 1. The molecule has 9 nitrogen and oxygen atoms in total. The van der Waals surface area contributed by atoms with Gasteiger partial charge in [-0.3, -0.25) is 9.89 Å². The number of hydrogen-bond donors (Lipinski definition) is 1. The minimum absolute atomic E-state index is 0.201. The number of carbonyl (C=O) groups is 1. The van der Waals surface area contributed by atoms with Crippen LogP contribution in [0.2, 0.25) is 0 Å². The van der Waals surface area contributed by atoms with E-state index in [2.05, 4.69) is 42.8 Å².